The fourth-order valence-electron chi connectivity index (χ4n) is 1.31. The molecule has 0 spiro atoms. The van der Waals surface area contributed by atoms with E-state index < -0.39 is 0 Å². The monoisotopic (exact) mass is 153 g/mol. The minimum atomic E-state index is -0.306. The molecule has 1 atom stereocenters. The van der Waals surface area contributed by atoms with E-state index in [1.807, 2.05) is 26.8 Å². The Morgan fingerprint density at radius 1 is 1.55 bits per heavy atom. The number of aliphatic hydroxyl groups is 1. The second-order valence-electron chi connectivity index (χ2n) is 2.96. The van der Waals surface area contributed by atoms with E-state index >= 15 is 0 Å². The van der Waals surface area contributed by atoms with Crippen LogP contribution < -0.4 is 0 Å². The molecule has 0 aliphatic rings. The molecule has 0 fully saturated rings. The molecule has 0 saturated carbocycles. The maximum absolute atomic E-state index is 9.50. The summed E-state index contributed by atoms with van der Waals surface area (Å²) >= 11 is 0. The van der Waals surface area contributed by atoms with Gasteiger partial charge < -0.3 is 10.1 Å². The first-order chi connectivity index (χ1) is 5.15. The number of aryl methyl sites for hydroxylation is 2. The summed E-state index contributed by atoms with van der Waals surface area (Å²) in [6, 6.07) is 2.00. The van der Waals surface area contributed by atoms with Crippen molar-refractivity contribution in [3.8, 4) is 0 Å². The minimum Gasteiger partial charge on any atom is -0.388 e. The van der Waals surface area contributed by atoms with Gasteiger partial charge in [0.25, 0.3) is 0 Å². The molecular formula is C9H15NO. The molecule has 62 valence electrons. The van der Waals surface area contributed by atoms with Gasteiger partial charge in [0.15, 0.2) is 0 Å². The SMILES string of the molecule is CCC(O)c1cc(C)[nH]c1C. The first-order valence-corrected chi connectivity index (χ1v) is 3.99. The van der Waals surface area contributed by atoms with Crippen LogP contribution in [-0.4, -0.2) is 10.1 Å². The van der Waals surface area contributed by atoms with Crippen molar-refractivity contribution in [2.75, 3.05) is 0 Å². The molecule has 1 aromatic rings. The summed E-state index contributed by atoms with van der Waals surface area (Å²) in [5.41, 5.74) is 3.23. The summed E-state index contributed by atoms with van der Waals surface area (Å²) < 4.78 is 0. The van der Waals surface area contributed by atoms with Crippen LogP contribution in [0.5, 0.6) is 0 Å². The quantitative estimate of drug-likeness (QED) is 0.670. The highest BCUT2D eigenvalue weighted by Gasteiger charge is 2.09. The van der Waals surface area contributed by atoms with Crippen LogP contribution >= 0.6 is 0 Å². The number of rotatable bonds is 2. The fraction of sp³-hybridized carbons (Fsp3) is 0.556. The molecule has 0 radical (unpaired) electrons. The molecule has 1 unspecified atom stereocenters. The molecule has 2 N–H and O–H groups in total. The number of hydrogen-bond acceptors (Lipinski definition) is 1. The van der Waals surface area contributed by atoms with Gasteiger partial charge in [-0.15, -0.1) is 0 Å². The smallest absolute Gasteiger partial charge is 0.0804 e. The van der Waals surface area contributed by atoms with Crippen molar-refractivity contribution < 1.29 is 5.11 Å². The van der Waals surface area contributed by atoms with E-state index in [4.69, 9.17) is 0 Å². The zero-order valence-corrected chi connectivity index (χ0v) is 7.31. The summed E-state index contributed by atoms with van der Waals surface area (Å²) in [6.07, 6.45) is 0.470. The average molecular weight is 153 g/mol. The van der Waals surface area contributed by atoms with E-state index in [0.29, 0.717) is 0 Å². The van der Waals surface area contributed by atoms with Crippen molar-refractivity contribution in [2.24, 2.45) is 0 Å². The normalized spacial score (nSPS) is 13.5. The standard InChI is InChI=1S/C9H15NO/c1-4-9(11)8-5-6(2)10-7(8)3/h5,9-11H,4H2,1-3H3. The van der Waals surface area contributed by atoms with E-state index in [9.17, 15) is 5.11 Å². The van der Waals surface area contributed by atoms with Gasteiger partial charge in [0.2, 0.25) is 0 Å². The fourth-order valence-corrected chi connectivity index (χ4v) is 1.31. The van der Waals surface area contributed by atoms with Crippen LogP contribution in [0.1, 0.15) is 36.4 Å². The van der Waals surface area contributed by atoms with E-state index in [0.717, 1.165) is 23.4 Å². The Bertz CT molecular complexity index is 240. The summed E-state index contributed by atoms with van der Waals surface area (Å²) in [6.45, 7) is 5.96. The lowest BCUT2D eigenvalue weighted by atomic mass is 10.1. The van der Waals surface area contributed by atoms with Crippen LogP contribution in [0, 0.1) is 13.8 Å². The van der Waals surface area contributed by atoms with Gasteiger partial charge in [-0.3, -0.25) is 0 Å². The van der Waals surface area contributed by atoms with Crippen LogP contribution in [0.4, 0.5) is 0 Å². The predicted octanol–water partition coefficient (Wildman–Crippen LogP) is 2.07. The molecule has 11 heavy (non-hydrogen) atoms. The first kappa shape index (κ1) is 8.34. The molecule has 2 heteroatoms. The topological polar surface area (TPSA) is 36.0 Å². The van der Waals surface area contributed by atoms with E-state index in [1.165, 1.54) is 0 Å². The number of H-pyrrole nitrogens is 1. The summed E-state index contributed by atoms with van der Waals surface area (Å²) in [7, 11) is 0. The lowest BCUT2D eigenvalue weighted by Crippen LogP contribution is -1.94. The molecule has 0 aliphatic heterocycles. The Balaban J connectivity index is 2.93. The number of hydrogen-bond donors (Lipinski definition) is 2. The van der Waals surface area contributed by atoms with Crippen LogP contribution in [0.25, 0.3) is 0 Å². The van der Waals surface area contributed by atoms with Crippen molar-refractivity contribution in [1.29, 1.82) is 0 Å². The van der Waals surface area contributed by atoms with Crippen molar-refractivity contribution in [3.05, 3.63) is 23.0 Å². The van der Waals surface area contributed by atoms with Crippen LogP contribution in [0.2, 0.25) is 0 Å². The van der Waals surface area contributed by atoms with E-state index in [1.54, 1.807) is 0 Å². The maximum atomic E-state index is 9.50. The lowest BCUT2D eigenvalue weighted by molar-refractivity contribution is 0.173. The zero-order chi connectivity index (χ0) is 8.43. The van der Waals surface area contributed by atoms with E-state index in [-0.39, 0.29) is 6.10 Å². The average Bonchev–Trinajstić information content (AvgIpc) is 2.28. The highest BCUT2D eigenvalue weighted by Crippen LogP contribution is 2.20. The van der Waals surface area contributed by atoms with Crippen LogP contribution in [0.3, 0.4) is 0 Å². The summed E-state index contributed by atoms with van der Waals surface area (Å²) in [5.74, 6) is 0. The molecule has 1 aromatic heterocycles. The molecule has 1 rings (SSSR count). The molecule has 0 amide bonds. The second kappa shape index (κ2) is 3.09. The lowest BCUT2D eigenvalue weighted by Gasteiger charge is -2.05. The van der Waals surface area contributed by atoms with Crippen molar-refractivity contribution in [3.63, 3.8) is 0 Å². The third-order valence-electron chi connectivity index (χ3n) is 1.94. The Labute approximate surface area is 67.3 Å². The largest absolute Gasteiger partial charge is 0.388 e. The Morgan fingerprint density at radius 3 is 2.55 bits per heavy atom. The van der Waals surface area contributed by atoms with Gasteiger partial charge in [-0.1, -0.05) is 6.92 Å². The summed E-state index contributed by atoms with van der Waals surface area (Å²) in [4.78, 5) is 3.16. The van der Waals surface area contributed by atoms with Gasteiger partial charge in [0.1, 0.15) is 0 Å². The second-order valence-corrected chi connectivity index (χ2v) is 2.96. The molecule has 0 aromatic carbocycles. The third-order valence-corrected chi connectivity index (χ3v) is 1.94. The Hall–Kier alpha value is -0.760. The maximum Gasteiger partial charge on any atom is 0.0804 e. The third kappa shape index (κ3) is 1.63. The van der Waals surface area contributed by atoms with E-state index in [2.05, 4.69) is 4.98 Å². The molecule has 1 heterocycles. The number of aliphatic hydroxyl groups excluding tert-OH is 1. The molecule has 0 bridgehead atoms. The van der Waals surface area contributed by atoms with Crippen LogP contribution in [0.15, 0.2) is 6.07 Å². The first-order valence-electron chi connectivity index (χ1n) is 3.99. The van der Waals surface area contributed by atoms with Gasteiger partial charge in [-0.05, 0) is 26.3 Å². The molecular weight excluding hydrogens is 138 g/mol. The molecule has 0 aliphatic carbocycles. The van der Waals surface area contributed by atoms with Crippen molar-refractivity contribution >= 4 is 0 Å². The highest BCUT2D eigenvalue weighted by atomic mass is 16.3. The minimum absolute atomic E-state index is 0.306. The van der Waals surface area contributed by atoms with Gasteiger partial charge in [-0.2, -0.15) is 0 Å². The molecule has 0 saturated heterocycles. The van der Waals surface area contributed by atoms with Gasteiger partial charge >= 0.3 is 0 Å². The molecule has 2 nitrogen and oxygen atoms in total. The number of aromatic nitrogens is 1. The van der Waals surface area contributed by atoms with Crippen molar-refractivity contribution in [1.82, 2.24) is 4.98 Å². The van der Waals surface area contributed by atoms with Crippen LogP contribution in [-0.2, 0) is 0 Å². The number of aromatic amines is 1. The Kier molecular flexibility index (Phi) is 2.35. The zero-order valence-electron chi connectivity index (χ0n) is 7.31. The highest BCUT2D eigenvalue weighted by molar-refractivity contribution is 5.26. The van der Waals surface area contributed by atoms with Gasteiger partial charge in [0, 0.05) is 17.0 Å². The van der Waals surface area contributed by atoms with Gasteiger partial charge in [-0.25, -0.2) is 0 Å². The van der Waals surface area contributed by atoms with Gasteiger partial charge in [0.05, 0.1) is 6.10 Å². The summed E-state index contributed by atoms with van der Waals surface area (Å²) in [5, 5.41) is 9.50. The Morgan fingerprint density at radius 2 is 2.18 bits per heavy atom. The number of nitrogens with one attached hydrogen (secondary N) is 1. The van der Waals surface area contributed by atoms with Crippen molar-refractivity contribution in [2.45, 2.75) is 33.3 Å². The predicted molar refractivity (Wildman–Crippen MR) is 45.5 cm³/mol.